The first-order chi connectivity index (χ1) is 10.3. The molecule has 0 amide bonds. The summed E-state index contributed by atoms with van der Waals surface area (Å²) in [4.78, 5) is 0. The van der Waals surface area contributed by atoms with E-state index in [-0.39, 0.29) is 5.41 Å². The second-order valence-corrected chi connectivity index (χ2v) is 8.02. The second-order valence-electron chi connectivity index (χ2n) is 8.02. The van der Waals surface area contributed by atoms with E-state index in [1.165, 1.54) is 16.7 Å². The first kappa shape index (κ1) is 16.5. The molecule has 0 N–H and O–H groups in total. The minimum atomic E-state index is 0.152. The molecule has 0 heterocycles. The molecule has 0 aliphatic rings. The molecule has 116 valence electrons. The molecule has 0 saturated carbocycles. The molecule has 0 fully saturated rings. The molecule has 0 nitrogen and oxygen atoms in total. The highest BCUT2D eigenvalue weighted by Gasteiger charge is 2.24. The van der Waals surface area contributed by atoms with Crippen LogP contribution in [0.5, 0.6) is 0 Å². The van der Waals surface area contributed by atoms with Crippen molar-refractivity contribution in [1.29, 1.82) is 0 Å². The van der Waals surface area contributed by atoms with Gasteiger partial charge in [-0.1, -0.05) is 101 Å². The molecule has 2 rings (SSSR count). The van der Waals surface area contributed by atoms with Gasteiger partial charge in [-0.25, -0.2) is 0 Å². The fourth-order valence-corrected chi connectivity index (χ4v) is 3.38. The van der Waals surface area contributed by atoms with E-state index in [1.807, 2.05) is 0 Å². The molecule has 0 unspecified atom stereocenters. The minimum Gasteiger partial charge on any atom is -0.0704 e. The van der Waals surface area contributed by atoms with Crippen LogP contribution in [0.3, 0.4) is 0 Å². The summed E-state index contributed by atoms with van der Waals surface area (Å²) in [6.45, 7) is 11.6. The average Bonchev–Trinajstić information content (AvgIpc) is 2.44. The summed E-state index contributed by atoms with van der Waals surface area (Å²) in [5.74, 6) is 0. The molecule has 0 aromatic heterocycles. The van der Waals surface area contributed by atoms with Gasteiger partial charge in [0.05, 0.1) is 0 Å². The fraction of sp³-hybridized carbons (Fsp3) is 0.364. The Balaban J connectivity index is 2.48. The van der Waals surface area contributed by atoms with Gasteiger partial charge in [0, 0.05) is 0 Å². The maximum atomic E-state index is 2.45. The summed E-state index contributed by atoms with van der Waals surface area (Å²) in [5, 5.41) is 0. The second kappa shape index (κ2) is 6.52. The van der Waals surface area contributed by atoms with E-state index >= 15 is 0 Å². The topological polar surface area (TPSA) is 0 Å². The monoisotopic (exact) mass is 292 g/mol. The van der Waals surface area contributed by atoms with E-state index in [1.54, 1.807) is 0 Å². The summed E-state index contributed by atoms with van der Waals surface area (Å²) in [7, 11) is 0. The first-order valence-electron chi connectivity index (χ1n) is 8.11. The van der Waals surface area contributed by atoms with Gasteiger partial charge >= 0.3 is 0 Å². The molecule has 2 aromatic rings. The Morgan fingerprint density at radius 3 is 1.50 bits per heavy atom. The summed E-state index contributed by atoms with van der Waals surface area (Å²) in [5.41, 5.74) is 4.37. The Morgan fingerprint density at radius 1 is 0.727 bits per heavy atom. The summed E-state index contributed by atoms with van der Waals surface area (Å²) in [6.07, 6.45) is 3.60. The fourth-order valence-electron chi connectivity index (χ4n) is 3.38. The van der Waals surface area contributed by atoms with Gasteiger partial charge in [-0.3, -0.25) is 0 Å². The maximum absolute atomic E-state index is 2.45. The Kier molecular flexibility index (Phi) is 4.90. The van der Waals surface area contributed by atoms with Gasteiger partial charge < -0.3 is 0 Å². The quantitative estimate of drug-likeness (QED) is 0.597. The van der Waals surface area contributed by atoms with Gasteiger partial charge in [0.1, 0.15) is 0 Å². The normalized spacial score (nSPS) is 12.0. The summed E-state index contributed by atoms with van der Waals surface area (Å²) in [6, 6.07) is 21.4. The van der Waals surface area contributed by atoms with Crippen LogP contribution in [0.4, 0.5) is 0 Å². The van der Waals surface area contributed by atoms with Crippen molar-refractivity contribution < 1.29 is 0 Å². The number of hydrogen-bond acceptors (Lipinski definition) is 0. The predicted octanol–water partition coefficient (Wildman–Crippen LogP) is 6.58. The van der Waals surface area contributed by atoms with E-state index in [2.05, 4.69) is 101 Å². The number of allylic oxidation sites excluding steroid dienone is 1. The van der Waals surface area contributed by atoms with Crippen LogP contribution in [0, 0.1) is 10.8 Å². The van der Waals surface area contributed by atoms with Crippen LogP contribution in [0.15, 0.2) is 66.7 Å². The molecule has 22 heavy (non-hydrogen) atoms. The van der Waals surface area contributed by atoms with Gasteiger partial charge in [-0.05, 0) is 34.0 Å². The number of hydrogen-bond donors (Lipinski definition) is 0. The van der Waals surface area contributed by atoms with Crippen molar-refractivity contribution in [1.82, 2.24) is 0 Å². The third-order valence-corrected chi connectivity index (χ3v) is 3.69. The highest BCUT2D eigenvalue weighted by molar-refractivity contribution is 5.80. The van der Waals surface area contributed by atoms with Crippen LogP contribution < -0.4 is 0 Å². The first-order valence-corrected chi connectivity index (χ1v) is 8.11. The number of rotatable bonds is 4. The Labute approximate surface area is 135 Å². The zero-order valence-corrected chi connectivity index (χ0v) is 14.6. The van der Waals surface area contributed by atoms with Gasteiger partial charge in [0.15, 0.2) is 0 Å². The predicted molar refractivity (Wildman–Crippen MR) is 97.8 cm³/mol. The Morgan fingerprint density at radius 2 is 1.14 bits per heavy atom. The van der Waals surface area contributed by atoms with Gasteiger partial charge in [0.25, 0.3) is 0 Å². The maximum Gasteiger partial charge on any atom is -0.0146 e. The van der Waals surface area contributed by atoms with Gasteiger partial charge in [0.2, 0.25) is 0 Å². The van der Waals surface area contributed by atoms with Crippen LogP contribution in [0.25, 0.3) is 5.57 Å². The van der Waals surface area contributed by atoms with E-state index in [0.29, 0.717) is 5.41 Å². The van der Waals surface area contributed by atoms with E-state index in [4.69, 9.17) is 0 Å². The summed E-state index contributed by atoms with van der Waals surface area (Å²) >= 11 is 0. The zero-order chi connectivity index (χ0) is 16.2. The molecule has 0 saturated heterocycles. The van der Waals surface area contributed by atoms with Crippen molar-refractivity contribution in [3.63, 3.8) is 0 Å². The molecule has 0 aliphatic heterocycles. The van der Waals surface area contributed by atoms with Crippen LogP contribution >= 0.6 is 0 Å². The van der Waals surface area contributed by atoms with Crippen molar-refractivity contribution in [3.05, 3.63) is 77.9 Å². The highest BCUT2D eigenvalue weighted by atomic mass is 14.3. The third kappa shape index (κ3) is 4.87. The summed E-state index contributed by atoms with van der Waals surface area (Å²) < 4.78 is 0. The molecule has 0 radical (unpaired) electrons. The lowest BCUT2D eigenvalue weighted by atomic mass is 9.74. The van der Waals surface area contributed by atoms with Crippen molar-refractivity contribution in [3.8, 4) is 0 Å². The molecule has 0 bridgehead atoms. The van der Waals surface area contributed by atoms with E-state index < -0.39 is 0 Å². The lowest BCUT2D eigenvalue weighted by Gasteiger charge is -2.31. The standard InChI is InChI=1S/C22H28/c1-21(2,3)17-22(4,5)16-20(18-12-8-6-9-13-18)19-14-10-7-11-15-19/h6-16H,17H2,1-5H3. The molecule has 0 atom stereocenters. The smallest absolute Gasteiger partial charge is 0.0146 e. The highest BCUT2D eigenvalue weighted by Crippen LogP contribution is 2.37. The largest absolute Gasteiger partial charge is 0.0704 e. The van der Waals surface area contributed by atoms with Crippen molar-refractivity contribution in [2.75, 3.05) is 0 Å². The minimum absolute atomic E-state index is 0.152. The van der Waals surface area contributed by atoms with Crippen LogP contribution in [0.2, 0.25) is 0 Å². The third-order valence-electron chi connectivity index (χ3n) is 3.69. The lowest BCUT2D eigenvalue weighted by Crippen LogP contribution is -2.19. The lowest BCUT2D eigenvalue weighted by molar-refractivity contribution is 0.262. The zero-order valence-electron chi connectivity index (χ0n) is 14.6. The van der Waals surface area contributed by atoms with E-state index in [9.17, 15) is 0 Å². The average molecular weight is 292 g/mol. The number of benzene rings is 2. The SMILES string of the molecule is CC(C)(C)CC(C)(C)C=C(c1ccccc1)c1ccccc1. The van der Waals surface area contributed by atoms with Gasteiger partial charge in [-0.2, -0.15) is 0 Å². The van der Waals surface area contributed by atoms with Crippen LogP contribution in [-0.4, -0.2) is 0 Å². The molecule has 0 spiro atoms. The Bertz CT molecular complexity index is 569. The van der Waals surface area contributed by atoms with E-state index in [0.717, 1.165) is 6.42 Å². The van der Waals surface area contributed by atoms with Crippen LogP contribution in [0.1, 0.15) is 52.2 Å². The molecular weight excluding hydrogens is 264 g/mol. The van der Waals surface area contributed by atoms with Crippen molar-refractivity contribution in [2.24, 2.45) is 10.8 Å². The van der Waals surface area contributed by atoms with Gasteiger partial charge in [-0.15, -0.1) is 0 Å². The van der Waals surface area contributed by atoms with Crippen molar-refractivity contribution in [2.45, 2.75) is 41.0 Å². The Hall–Kier alpha value is -1.82. The van der Waals surface area contributed by atoms with Crippen molar-refractivity contribution >= 4 is 5.57 Å². The molecular formula is C22H28. The molecule has 0 heteroatoms. The van der Waals surface area contributed by atoms with Crippen LogP contribution in [-0.2, 0) is 0 Å². The molecule has 0 aliphatic carbocycles. The molecule has 2 aromatic carbocycles.